The molecule has 6 heteroatoms. The number of hydrogen-bond acceptors (Lipinski definition) is 5. The highest BCUT2D eigenvalue weighted by Gasteiger charge is 2.36. The van der Waals surface area contributed by atoms with Crippen LogP contribution in [0.3, 0.4) is 0 Å². The Kier molecular flexibility index (Phi) is 2.10. The maximum absolute atomic E-state index is 11.7. The SMILES string of the molecule is COC1=CSCC2=C3C1=CN=NN3C(=O)C2. The van der Waals surface area contributed by atoms with E-state index in [1.807, 2.05) is 5.41 Å². The average Bonchev–Trinajstić information content (AvgIpc) is 2.52. The molecule has 82 valence electrons. The molecule has 0 radical (unpaired) electrons. The predicted molar refractivity (Wildman–Crippen MR) is 59.0 cm³/mol. The van der Waals surface area contributed by atoms with Crippen LogP contribution < -0.4 is 0 Å². The van der Waals surface area contributed by atoms with Crippen LogP contribution in [0.2, 0.25) is 0 Å². The van der Waals surface area contributed by atoms with Crippen molar-refractivity contribution in [2.45, 2.75) is 6.42 Å². The van der Waals surface area contributed by atoms with Gasteiger partial charge in [-0.3, -0.25) is 4.79 Å². The highest BCUT2D eigenvalue weighted by molar-refractivity contribution is 8.02. The largest absolute Gasteiger partial charge is 0.495 e. The Morgan fingerprint density at radius 3 is 3.25 bits per heavy atom. The van der Waals surface area contributed by atoms with E-state index in [1.165, 1.54) is 5.01 Å². The van der Waals surface area contributed by atoms with Gasteiger partial charge in [0.15, 0.2) is 0 Å². The van der Waals surface area contributed by atoms with Crippen LogP contribution >= 0.6 is 11.8 Å². The van der Waals surface area contributed by atoms with Gasteiger partial charge in [-0.1, -0.05) is 5.22 Å². The lowest BCUT2D eigenvalue weighted by Gasteiger charge is -2.19. The van der Waals surface area contributed by atoms with Gasteiger partial charge in [0.2, 0.25) is 0 Å². The molecule has 1 amide bonds. The molecule has 3 rings (SSSR count). The Labute approximate surface area is 96.5 Å². The lowest BCUT2D eigenvalue weighted by molar-refractivity contribution is -0.127. The number of methoxy groups -OCH3 is 1. The molecule has 0 atom stereocenters. The maximum Gasteiger partial charge on any atom is 0.253 e. The van der Waals surface area contributed by atoms with Crippen LogP contribution in [0.15, 0.2) is 44.5 Å². The minimum absolute atomic E-state index is 0.0164. The van der Waals surface area contributed by atoms with E-state index in [2.05, 4.69) is 10.3 Å². The van der Waals surface area contributed by atoms with Gasteiger partial charge >= 0.3 is 0 Å². The van der Waals surface area contributed by atoms with Crippen LogP contribution in [0.25, 0.3) is 0 Å². The van der Waals surface area contributed by atoms with Crippen LogP contribution in [0.5, 0.6) is 0 Å². The van der Waals surface area contributed by atoms with Crippen molar-refractivity contribution in [3.63, 3.8) is 0 Å². The summed E-state index contributed by atoms with van der Waals surface area (Å²) in [7, 11) is 1.62. The number of carbonyl (C=O) groups excluding carboxylic acids is 1. The first-order chi connectivity index (χ1) is 7.81. The van der Waals surface area contributed by atoms with Gasteiger partial charge in [0.25, 0.3) is 5.91 Å². The summed E-state index contributed by atoms with van der Waals surface area (Å²) in [6, 6.07) is 0. The van der Waals surface area contributed by atoms with Gasteiger partial charge in [-0.05, 0) is 5.57 Å². The van der Waals surface area contributed by atoms with E-state index in [1.54, 1.807) is 25.1 Å². The van der Waals surface area contributed by atoms with Gasteiger partial charge in [-0.2, -0.15) is 5.01 Å². The molecule has 3 aliphatic rings. The summed E-state index contributed by atoms with van der Waals surface area (Å²) < 4.78 is 5.30. The summed E-state index contributed by atoms with van der Waals surface area (Å²) in [5.74, 6) is 1.53. The average molecular weight is 235 g/mol. The van der Waals surface area contributed by atoms with Crippen molar-refractivity contribution in [1.82, 2.24) is 5.01 Å². The zero-order valence-electron chi connectivity index (χ0n) is 8.64. The summed E-state index contributed by atoms with van der Waals surface area (Å²) in [6.07, 6.45) is 2.08. The molecule has 0 aromatic rings. The van der Waals surface area contributed by atoms with Crippen molar-refractivity contribution in [2.24, 2.45) is 10.3 Å². The molecule has 0 fully saturated rings. The lowest BCUT2D eigenvalue weighted by Crippen LogP contribution is -2.21. The topological polar surface area (TPSA) is 54.3 Å². The Morgan fingerprint density at radius 2 is 2.44 bits per heavy atom. The minimum atomic E-state index is -0.0164. The number of thioether (sulfide) groups is 1. The van der Waals surface area contributed by atoms with Gasteiger partial charge in [-0.15, -0.1) is 16.9 Å². The molecule has 0 spiro atoms. The summed E-state index contributed by atoms with van der Waals surface area (Å²) in [6.45, 7) is 0. The lowest BCUT2D eigenvalue weighted by atomic mass is 10.1. The molecule has 3 aliphatic heterocycles. The number of ether oxygens (including phenoxy) is 1. The van der Waals surface area contributed by atoms with E-state index in [9.17, 15) is 4.79 Å². The molecule has 0 aromatic heterocycles. The second-order valence-corrected chi connectivity index (χ2v) is 4.44. The van der Waals surface area contributed by atoms with E-state index in [0.717, 1.165) is 28.4 Å². The van der Waals surface area contributed by atoms with Crippen molar-refractivity contribution >= 4 is 17.7 Å². The van der Waals surface area contributed by atoms with Gasteiger partial charge < -0.3 is 4.74 Å². The molecule has 0 aromatic carbocycles. The fraction of sp³-hybridized carbons (Fsp3) is 0.300. The highest BCUT2D eigenvalue weighted by Crippen LogP contribution is 2.40. The van der Waals surface area contributed by atoms with Crippen LogP contribution in [-0.2, 0) is 9.53 Å². The molecule has 0 saturated heterocycles. The first-order valence-electron chi connectivity index (χ1n) is 4.83. The quantitative estimate of drug-likeness (QED) is 0.698. The zero-order valence-corrected chi connectivity index (χ0v) is 9.45. The number of amides is 1. The van der Waals surface area contributed by atoms with E-state index in [4.69, 9.17) is 4.74 Å². The van der Waals surface area contributed by atoms with Crippen molar-refractivity contribution in [2.75, 3.05) is 12.9 Å². The van der Waals surface area contributed by atoms with Gasteiger partial charge in [0.1, 0.15) is 5.76 Å². The van der Waals surface area contributed by atoms with Gasteiger partial charge in [0.05, 0.1) is 31.0 Å². The maximum atomic E-state index is 11.7. The van der Waals surface area contributed by atoms with Crippen LogP contribution in [0.4, 0.5) is 0 Å². The summed E-state index contributed by atoms with van der Waals surface area (Å²) in [5, 5.41) is 11.0. The van der Waals surface area contributed by atoms with Crippen molar-refractivity contribution < 1.29 is 9.53 Å². The third-order valence-corrected chi connectivity index (χ3v) is 3.56. The molecule has 0 bridgehead atoms. The number of nitrogens with zero attached hydrogens (tertiary/aromatic N) is 3. The monoisotopic (exact) mass is 235 g/mol. The van der Waals surface area contributed by atoms with Crippen LogP contribution in [-0.4, -0.2) is 23.8 Å². The Bertz CT molecular complexity index is 490. The smallest absolute Gasteiger partial charge is 0.253 e. The molecule has 3 heterocycles. The van der Waals surface area contributed by atoms with E-state index < -0.39 is 0 Å². The normalized spacial score (nSPS) is 22.8. The second kappa shape index (κ2) is 3.48. The molecule has 5 nitrogen and oxygen atoms in total. The molecule has 0 unspecified atom stereocenters. The minimum Gasteiger partial charge on any atom is -0.495 e. The van der Waals surface area contributed by atoms with Crippen molar-refractivity contribution in [3.05, 3.63) is 34.2 Å². The Hall–Kier alpha value is -1.56. The molecular formula is C10H9N3O2S. The highest BCUT2D eigenvalue weighted by atomic mass is 32.2. The third kappa shape index (κ3) is 1.23. The summed E-state index contributed by atoms with van der Waals surface area (Å²) in [5.41, 5.74) is 2.81. The summed E-state index contributed by atoms with van der Waals surface area (Å²) >= 11 is 1.63. The first kappa shape index (κ1) is 9.65. The Morgan fingerprint density at radius 1 is 1.56 bits per heavy atom. The van der Waals surface area contributed by atoms with Crippen LogP contribution in [0.1, 0.15) is 6.42 Å². The second-order valence-electron chi connectivity index (χ2n) is 3.58. The standard InChI is InChI=1S/C10H9N3O2S/c1-15-8-5-16-4-6-2-9(14)13-10(6)7(8)3-11-12-13/h3,5H,2,4H2,1H3. The fourth-order valence-electron chi connectivity index (χ4n) is 1.95. The van der Waals surface area contributed by atoms with E-state index in [-0.39, 0.29) is 5.91 Å². The van der Waals surface area contributed by atoms with Crippen molar-refractivity contribution in [1.29, 1.82) is 0 Å². The van der Waals surface area contributed by atoms with E-state index in [0.29, 0.717) is 6.42 Å². The predicted octanol–water partition coefficient (Wildman–Crippen LogP) is 1.97. The van der Waals surface area contributed by atoms with Gasteiger partial charge in [0, 0.05) is 11.2 Å². The van der Waals surface area contributed by atoms with Crippen molar-refractivity contribution in [3.8, 4) is 0 Å². The van der Waals surface area contributed by atoms with Crippen LogP contribution in [0, 0.1) is 0 Å². The third-order valence-electron chi connectivity index (χ3n) is 2.66. The summed E-state index contributed by atoms with van der Waals surface area (Å²) in [4.78, 5) is 11.7. The van der Waals surface area contributed by atoms with E-state index >= 15 is 0 Å². The number of carbonyl (C=O) groups is 1. The molecule has 0 N–H and O–H groups in total. The first-order valence-corrected chi connectivity index (χ1v) is 5.88. The number of rotatable bonds is 1. The molecule has 16 heavy (non-hydrogen) atoms. The molecule has 0 aliphatic carbocycles. The number of hydrogen-bond donors (Lipinski definition) is 0. The Balaban J connectivity index is 2.15. The van der Waals surface area contributed by atoms with Gasteiger partial charge in [-0.25, -0.2) is 0 Å². The molecule has 0 saturated carbocycles. The fourth-order valence-corrected chi connectivity index (χ4v) is 2.85. The zero-order chi connectivity index (χ0) is 11.1. The molecular weight excluding hydrogens is 226 g/mol.